The Bertz CT molecular complexity index is 1990. The first-order valence-corrected chi connectivity index (χ1v) is 35.2. The molecular weight excluding hydrogens is 1100 g/mol. The van der Waals surface area contributed by atoms with Gasteiger partial charge in [-0.2, -0.15) is 0 Å². The summed E-state index contributed by atoms with van der Waals surface area (Å²) in [6.45, 7) is 13.9. The standard InChI is InChI=1S/C69H121N2O13P/c1-8-10-12-14-16-18-20-22-24-26-28-30-32-34-36-45-66(74)81-57-62(84-67(75)46-37-35-33-31-29-27-25-23-21-19-17-15-13-11-9-2)58-83-85(77,78)82-56-53-71-68(76)80-55-52-70-64(72)44-39-47-65(73)79-54-50-60(4)42-38-41-59(3)48-49-63-61(5)43-40-51-69(63,6)7/h38,41-42,48-50,62H,8-37,39-40,43-47,51-58H2,1-7H3,(H,70,72)(H,71,76)(H,77,78)/b42-38+,49-48+,59-41+,60-50+/t62-/m1/s1. The van der Waals surface area contributed by atoms with Crippen molar-refractivity contribution in [1.82, 2.24) is 10.6 Å². The number of carbonyl (C=O) groups excluding carboxylic acids is 5. The second-order valence-corrected chi connectivity index (χ2v) is 25.7. The monoisotopic (exact) mass is 1220 g/mol. The summed E-state index contributed by atoms with van der Waals surface area (Å²) in [6, 6.07) is 0. The molecule has 0 aromatic carbocycles. The Morgan fingerprint density at radius 3 is 1.58 bits per heavy atom. The van der Waals surface area contributed by atoms with Gasteiger partial charge in [0.05, 0.1) is 19.8 Å². The second-order valence-electron chi connectivity index (χ2n) is 24.2. The number of amides is 2. The van der Waals surface area contributed by atoms with E-state index in [0.717, 1.165) is 56.1 Å². The Morgan fingerprint density at radius 2 is 1.05 bits per heavy atom. The molecule has 16 heteroatoms. The molecule has 15 nitrogen and oxygen atoms in total. The molecule has 0 radical (unpaired) electrons. The summed E-state index contributed by atoms with van der Waals surface area (Å²) >= 11 is 0. The fourth-order valence-corrected chi connectivity index (χ4v) is 11.1. The van der Waals surface area contributed by atoms with Crippen LogP contribution in [0.25, 0.3) is 0 Å². The van der Waals surface area contributed by atoms with Gasteiger partial charge in [-0.1, -0.05) is 255 Å². The van der Waals surface area contributed by atoms with Gasteiger partial charge in [0.1, 0.15) is 19.8 Å². The third kappa shape index (κ3) is 48.6. The average Bonchev–Trinajstić information content (AvgIpc) is 3.57. The van der Waals surface area contributed by atoms with E-state index in [4.69, 9.17) is 28.0 Å². The Labute approximate surface area is 516 Å². The number of phosphoric acid groups is 1. The van der Waals surface area contributed by atoms with Gasteiger partial charge in [0, 0.05) is 32.2 Å². The fraction of sp³-hybridized carbons (Fsp3) is 0.783. The average molecular weight is 1220 g/mol. The van der Waals surface area contributed by atoms with Crippen molar-refractivity contribution in [1.29, 1.82) is 0 Å². The van der Waals surface area contributed by atoms with Crippen molar-refractivity contribution in [2.24, 2.45) is 5.41 Å². The first kappa shape index (κ1) is 79.0. The summed E-state index contributed by atoms with van der Waals surface area (Å²) in [5.74, 6) is -1.68. The highest BCUT2D eigenvalue weighted by Crippen LogP contribution is 2.43. The molecule has 0 bridgehead atoms. The van der Waals surface area contributed by atoms with Crippen molar-refractivity contribution >= 4 is 37.7 Å². The number of esters is 3. The zero-order chi connectivity index (χ0) is 62.5. The number of phosphoric ester groups is 1. The summed E-state index contributed by atoms with van der Waals surface area (Å²) in [5.41, 5.74) is 5.19. The van der Waals surface area contributed by atoms with Gasteiger partial charge in [-0.25, -0.2) is 9.36 Å². The second kappa shape index (κ2) is 53.0. The summed E-state index contributed by atoms with van der Waals surface area (Å²) in [4.78, 5) is 72.8. The molecule has 0 heterocycles. The molecule has 1 rings (SSSR count). The first-order valence-electron chi connectivity index (χ1n) is 33.7. The lowest BCUT2D eigenvalue weighted by Crippen LogP contribution is -2.32. The topological polar surface area (TPSA) is 202 Å². The van der Waals surface area contributed by atoms with Gasteiger partial charge in [0.15, 0.2) is 6.10 Å². The maximum absolute atomic E-state index is 12.9. The van der Waals surface area contributed by atoms with Gasteiger partial charge in [-0.05, 0) is 76.4 Å². The SMILES string of the molecule is CCCCCCCCCCCCCCCCCC(=O)OC[C@H](COP(=O)(O)OCCNC(=O)OCCNC(=O)CCCC(=O)OC/C=C(C)/C=C/C=C(C)/C=C/C1=C(C)CCCC1(C)C)OC(=O)CCCCCCCCCCCCCCCCC. The number of nitrogens with one attached hydrogen (secondary N) is 2. The molecular formula is C69H121N2O13P. The first-order chi connectivity index (χ1) is 41.0. The smallest absolute Gasteiger partial charge is 0.462 e. The Balaban J connectivity index is 2.38. The number of carbonyl (C=O) groups is 5. The normalized spacial score (nSPS) is 14.8. The van der Waals surface area contributed by atoms with Crippen LogP contribution in [0.1, 0.15) is 292 Å². The predicted molar refractivity (Wildman–Crippen MR) is 345 cm³/mol. The van der Waals surface area contributed by atoms with Gasteiger partial charge in [0.25, 0.3) is 0 Å². The van der Waals surface area contributed by atoms with Crippen LogP contribution in [0.15, 0.2) is 58.7 Å². The lowest BCUT2D eigenvalue weighted by atomic mass is 9.72. The van der Waals surface area contributed by atoms with Crippen LogP contribution < -0.4 is 10.6 Å². The largest absolute Gasteiger partial charge is 0.472 e. The van der Waals surface area contributed by atoms with E-state index in [1.165, 1.54) is 165 Å². The minimum absolute atomic E-state index is 0.0332. The molecule has 85 heavy (non-hydrogen) atoms. The van der Waals surface area contributed by atoms with Crippen LogP contribution in [0.4, 0.5) is 4.79 Å². The van der Waals surface area contributed by atoms with E-state index in [1.54, 1.807) is 0 Å². The molecule has 1 unspecified atom stereocenters. The van der Waals surface area contributed by atoms with Crippen LogP contribution in [0.3, 0.4) is 0 Å². The third-order valence-corrected chi connectivity index (χ3v) is 16.6. The number of unbranched alkanes of at least 4 members (excludes halogenated alkanes) is 28. The molecule has 1 aliphatic rings. The molecule has 0 aliphatic heterocycles. The molecule has 0 fully saturated rings. The molecule has 0 aromatic rings. The Hall–Kier alpha value is -4.04. The van der Waals surface area contributed by atoms with Crippen molar-refractivity contribution in [3.05, 3.63) is 58.7 Å². The van der Waals surface area contributed by atoms with Crippen molar-refractivity contribution in [2.45, 2.75) is 299 Å². The number of allylic oxidation sites excluding steroid dienone is 9. The van der Waals surface area contributed by atoms with Gasteiger partial charge < -0.3 is 34.5 Å². The van der Waals surface area contributed by atoms with Crippen LogP contribution >= 0.6 is 7.82 Å². The molecule has 2 atom stereocenters. The summed E-state index contributed by atoms with van der Waals surface area (Å²) < 4.78 is 44.4. The van der Waals surface area contributed by atoms with Gasteiger partial charge in [-0.3, -0.25) is 28.2 Å². The quantitative estimate of drug-likeness (QED) is 0.0171. The van der Waals surface area contributed by atoms with Crippen molar-refractivity contribution in [3.8, 4) is 0 Å². The number of rotatable bonds is 55. The number of hydrogen-bond donors (Lipinski definition) is 3. The van der Waals surface area contributed by atoms with Crippen LogP contribution in [0.2, 0.25) is 0 Å². The zero-order valence-electron chi connectivity index (χ0n) is 54.7. The summed E-state index contributed by atoms with van der Waals surface area (Å²) in [7, 11) is -4.69. The van der Waals surface area contributed by atoms with Crippen LogP contribution in [0.5, 0.6) is 0 Å². The predicted octanol–water partition coefficient (Wildman–Crippen LogP) is 18.2. The van der Waals surface area contributed by atoms with E-state index >= 15 is 0 Å². The highest BCUT2D eigenvalue weighted by molar-refractivity contribution is 7.47. The Morgan fingerprint density at radius 1 is 0.565 bits per heavy atom. The van der Waals surface area contributed by atoms with Crippen molar-refractivity contribution < 1.29 is 61.4 Å². The third-order valence-electron chi connectivity index (χ3n) is 15.6. The van der Waals surface area contributed by atoms with E-state index < -0.39 is 51.1 Å². The molecule has 0 aromatic heterocycles. The van der Waals surface area contributed by atoms with E-state index in [2.05, 4.69) is 70.4 Å². The van der Waals surface area contributed by atoms with E-state index in [1.807, 2.05) is 25.2 Å². The van der Waals surface area contributed by atoms with Crippen LogP contribution in [0, 0.1) is 5.41 Å². The summed E-state index contributed by atoms with van der Waals surface area (Å²) in [5, 5.41) is 5.02. The molecule has 0 spiro atoms. The lowest BCUT2D eigenvalue weighted by molar-refractivity contribution is -0.161. The van der Waals surface area contributed by atoms with Crippen molar-refractivity contribution in [3.63, 3.8) is 0 Å². The highest BCUT2D eigenvalue weighted by atomic mass is 31.2. The molecule has 0 saturated heterocycles. The maximum Gasteiger partial charge on any atom is 0.472 e. The highest BCUT2D eigenvalue weighted by Gasteiger charge is 2.28. The van der Waals surface area contributed by atoms with Gasteiger partial charge >= 0.3 is 31.8 Å². The van der Waals surface area contributed by atoms with Crippen molar-refractivity contribution in [2.75, 3.05) is 46.1 Å². The summed E-state index contributed by atoms with van der Waals surface area (Å²) in [6.07, 6.45) is 51.0. The fourth-order valence-electron chi connectivity index (χ4n) is 10.3. The van der Waals surface area contributed by atoms with E-state index in [9.17, 15) is 33.4 Å². The van der Waals surface area contributed by atoms with Crippen LogP contribution in [-0.2, 0) is 51.7 Å². The molecule has 2 amide bonds. The molecule has 490 valence electrons. The number of hydrogen-bond acceptors (Lipinski definition) is 12. The van der Waals surface area contributed by atoms with E-state index in [-0.39, 0.29) is 76.3 Å². The molecule has 0 saturated carbocycles. The van der Waals surface area contributed by atoms with Gasteiger partial charge in [0.2, 0.25) is 5.91 Å². The van der Waals surface area contributed by atoms with Crippen LogP contribution in [-0.4, -0.2) is 87.0 Å². The van der Waals surface area contributed by atoms with E-state index in [0.29, 0.717) is 12.8 Å². The maximum atomic E-state index is 12.9. The lowest BCUT2D eigenvalue weighted by Gasteiger charge is -2.32. The minimum atomic E-state index is -4.69. The molecule has 3 N–H and O–H groups in total. The number of alkyl carbamates (subject to hydrolysis) is 1. The zero-order valence-corrected chi connectivity index (χ0v) is 55.5. The number of ether oxygens (including phenoxy) is 4. The molecule has 1 aliphatic carbocycles. The Kier molecular flexibility index (Phi) is 49.3. The van der Waals surface area contributed by atoms with Gasteiger partial charge in [-0.15, -0.1) is 0 Å². The minimum Gasteiger partial charge on any atom is -0.462 e.